The summed E-state index contributed by atoms with van der Waals surface area (Å²) >= 11 is 0. The highest BCUT2D eigenvalue weighted by atomic mass is 16.6. The summed E-state index contributed by atoms with van der Waals surface area (Å²) in [4.78, 5) is 20.9. The maximum atomic E-state index is 10.7. The summed E-state index contributed by atoms with van der Waals surface area (Å²) in [5.74, 6) is -0.631. The fourth-order valence-electron chi connectivity index (χ4n) is 1.63. The molecule has 1 aliphatic carbocycles. The van der Waals surface area contributed by atoms with Crippen molar-refractivity contribution in [2.45, 2.75) is 31.2 Å². The quantitative estimate of drug-likeness (QED) is 0.396. The molecule has 1 saturated carbocycles. The average molecular weight is 184 g/mol. The van der Waals surface area contributed by atoms with E-state index in [1.54, 1.807) is 0 Å². The van der Waals surface area contributed by atoms with Gasteiger partial charge in [0.1, 0.15) is 0 Å². The van der Waals surface area contributed by atoms with Gasteiger partial charge in [0, 0.05) is 23.8 Å². The molecule has 1 amide bonds. The van der Waals surface area contributed by atoms with Crippen molar-refractivity contribution in [1.29, 1.82) is 0 Å². The SMILES string of the molecule is NC(=O)C=CC1([N+](=O)[O-])CCCC1. The van der Waals surface area contributed by atoms with Crippen molar-refractivity contribution < 1.29 is 9.72 Å². The van der Waals surface area contributed by atoms with Crippen molar-refractivity contribution in [3.8, 4) is 0 Å². The molecule has 0 spiro atoms. The summed E-state index contributed by atoms with van der Waals surface area (Å²) in [5.41, 5.74) is 3.85. The van der Waals surface area contributed by atoms with Gasteiger partial charge in [-0.3, -0.25) is 14.9 Å². The Bertz CT molecular complexity index is 254. The Labute approximate surface area is 75.8 Å². The number of nitrogens with zero attached hydrogens (tertiary/aromatic N) is 1. The summed E-state index contributed by atoms with van der Waals surface area (Å²) in [7, 11) is 0. The van der Waals surface area contributed by atoms with Gasteiger partial charge in [0.25, 0.3) is 0 Å². The fraction of sp³-hybridized carbons (Fsp3) is 0.625. The highest BCUT2D eigenvalue weighted by molar-refractivity contribution is 5.85. The topological polar surface area (TPSA) is 86.2 Å². The van der Waals surface area contributed by atoms with Gasteiger partial charge in [-0.05, 0) is 18.9 Å². The van der Waals surface area contributed by atoms with E-state index >= 15 is 0 Å². The first kappa shape index (κ1) is 9.70. The molecule has 0 atom stereocenters. The lowest BCUT2D eigenvalue weighted by Gasteiger charge is -2.14. The second-order valence-corrected chi connectivity index (χ2v) is 3.30. The van der Waals surface area contributed by atoms with Crippen LogP contribution >= 0.6 is 0 Å². The molecule has 2 N–H and O–H groups in total. The van der Waals surface area contributed by atoms with E-state index < -0.39 is 11.4 Å². The third-order valence-corrected chi connectivity index (χ3v) is 2.39. The highest BCUT2D eigenvalue weighted by Crippen LogP contribution is 2.33. The second-order valence-electron chi connectivity index (χ2n) is 3.30. The monoisotopic (exact) mass is 184 g/mol. The van der Waals surface area contributed by atoms with Gasteiger partial charge < -0.3 is 5.73 Å². The van der Waals surface area contributed by atoms with E-state index in [1.165, 1.54) is 6.08 Å². The Morgan fingerprint density at radius 2 is 2.00 bits per heavy atom. The number of carbonyl (C=O) groups is 1. The van der Waals surface area contributed by atoms with Crippen molar-refractivity contribution in [3.63, 3.8) is 0 Å². The van der Waals surface area contributed by atoms with E-state index in [9.17, 15) is 14.9 Å². The zero-order valence-corrected chi connectivity index (χ0v) is 7.23. The standard InChI is InChI=1S/C8H12N2O3/c9-7(11)3-6-8(10(12)13)4-1-2-5-8/h3,6H,1-2,4-5H2,(H2,9,11). The molecule has 0 aromatic heterocycles. The van der Waals surface area contributed by atoms with E-state index in [-0.39, 0.29) is 4.92 Å². The van der Waals surface area contributed by atoms with Gasteiger partial charge in [-0.25, -0.2) is 0 Å². The number of nitrogens with two attached hydrogens (primary N) is 1. The van der Waals surface area contributed by atoms with Crippen LogP contribution in [-0.2, 0) is 4.79 Å². The maximum absolute atomic E-state index is 10.7. The largest absolute Gasteiger partial charge is 0.366 e. The Morgan fingerprint density at radius 1 is 1.46 bits per heavy atom. The summed E-state index contributed by atoms with van der Waals surface area (Å²) in [6.07, 6.45) is 5.11. The Hall–Kier alpha value is -1.39. The summed E-state index contributed by atoms with van der Waals surface area (Å²) in [5, 5.41) is 10.7. The van der Waals surface area contributed by atoms with Crippen LogP contribution in [0.5, 0.6) is 0 Å². The number of nitro groups is 1. The number of hydrogen-bond acceptors (Lipinski definition) is 3. The van der Waals surface area contributed by atoms with E-state index in [0.717, 1.165) is 18.9 Å². The van der Waals surface area contributed by atoms with Gasteiger partial charge >= 0.3 is 0 Å². The van der Waals surface area contributed by atoms with E-state index in [1.807, 2.05) is 0 Å². The van der Waals surface area contributed by atoms with Crippen LogP contribution in [0.15, 0.2) is 12.2 Å². The van der Waals surface area contributed by atoms with Gasteiger partial charge in [0.05, 0.1) is 0 Å². The molecule has 1 aliphatic rings. The molecule has 72 valence electrons. The number of rotatable bonds is 3. The molecule has 5 nitrogen and oxygen atoms in total. The first-order valence-electron chi connectivity index (χ1n) is 4.20. The first-order chi connectivity index (χ1) is 6.07. The molecule has 0 aromatic rings. The van der Waals surface area contributed by atoms with Crippen LogP contribution in [0.3, 0.4) is 0 Å². The number of hydrogen-bond donors (Lipinski definition) is 1. The van der Waals surface area contributed by atoms with Crippen molar-refractivity contribution in [1.82, 2.24) is 0 Å². The molecule has 5 heteroatoms. The van der Waals surface area contributed by atoms with Crippen molar-refractivity contribution in [3.05, 3.63) is 22.3 Å². The minimum atomic E-state index is -1.03. The van der Waals surface area contributed by atoms with Gasteiger partial charge in [-0.2, -0.15) is 0 Å². The highest BCUT2D eigenvalue weighted by Gasteiger charge is 2.42. The molecule has 0 unspecified atom stereocenters. The molecule has 0 radical (unpaired) electrons. The molecule has 0 saturated heterocycles. The molecule has 13 heavy (non-hydrogen) atoms. The predicted molar refractivity (Wildman–Crippen MR) is 46.5 cm³/mol. The minimum Gasteiger partial charge on any atom is -0.366 e. The zero-order valence-electron chi connectivity index (χ0n) is 7.23. The van der Waals surface area contributed by atoms with Gasteiger partial charge in [0.15, 0.2) is 0 Å². The Morgan fingerprint density at radius 3 is 2.38 bits per heavy atom. The van der Waals surface area contributed by atoms with Crippen molar-refractivity contribution in [2.24, 2.45) is 5.73 Å². The first-order valence-corrected chi connectivity index (χ1v) is 4.20. The Kier molecular flexibility index (Phi) is 2.65. The van der Waals surface area contributed by atoms with Crippen LogP contribution in [-0.4, -0.2) is 16.4 Å². The van der Waals surface area contributed by atoms with Crippen LogP contribution in [0.1, 0.15) is 25.7 Å². The fourth-order valence-corrected chi connectivity index (χ4v) is 1.63. The van der Waals surface area contributed by atoms with Gasteiger partial charge in [-0.1, -0.05) is 0 Å². The molecule has 1 rings (SSSR count). The predicted octanol–water partition coefficient (Wildman–Crippen LogP) is 0.617. The molecule has 0 heterocycles. The molecule has 0 bridgehead atoms. The third kappa shape index (κ3) is 2.05. The minimum absolute atomic E-state index is 0.320. The lowest BCUT2D eigenvalue weighted by atomic mass is 9.98. The zero-order chi connectivity index (χ0) is 9.90. The van der Waals surface area contributed by atoms with Crippen LogP contribution < -0.4 is 5.73 Å². The van der Waals surface area contributed by atoms with Crippen LogP contribution in [0.25, 0.3) is 0 Å². The molecule has 0 aromatic carbocycles. The van der Waals surface area contributed by atoms with Crippen molar-refractivity contribution in [2.75, 3.05) is 0 Å². The van der Waals surface area contributed by atoms with Crippen molar-refractivity contribution >= 4 is 5.91 Å². The lowest BCUT2D eigenvalue weighted by molar-refractivity contribution is -0.553. The number of primary amides is 1. The van der Waals surface area contributed by atoms with Crippen LogP contribution in [0, 0.1) is 10.1 Å². The lowest BCUT2D eigenvalue weighted by Crippen LogP contribution is -2.32. The van der Waals surface area contributed by atoms with E-state index in [2.05, 4.69) is 0 Å². The van der Waals surface area contributed by atoms with Crippen LogP contribution in [0.4, 0.5) is 0 Å². The van der Waals surface area contributed by atoms with E-state index in [0.29, 0.717) is 12.8 Å². The third-order valence-electron chi connectivity index (χ3n) is 2.39. The maximum Gasteiger partial charge on any atom is 0.241 e. The summed E-state index contributed by atoms with van der Waals surface area (Å²) < 4.78 is 0. The molecular weight excluding hydrogens is 172 g/mol. The summed E-state index contributed by atoms with van der Waals surface area (Å²) in [6.45, 7) is 0. The second kappa shape index (κ2) is 3.55. The van der Waals surface area contributed by atoms with Gasteiger partial charge in [-0.15, -0.1) is 0 Å². The van der Waals surface area contributed by atoms with E-state index in [4.69, 9.17) is 5.73 Å². The Balaban J connectivity index is 2.79. The molecule has 0 aliphatic heterocycles. The van der Waals surface area contributed by atoms with Gasteiger partial charge in [0.2, 0.25) is 11.4 Å². The summed E-state index contributed by atoms with van der Waals surface area (Å²) in [6, 6.07) is 0. The van der Waals surface area contributed by atoms with Crippen LogP contribution in [0.2, 0.25) is 0 Å². The smallest absolute Gasteiger partial charge is 0.241 e. The normalized spacial score (nSPS) is 20.6. The molecule has 1 fully saturated rings. The number of carbonyl (C=O) groups excluding carboxylic acids is 1. The number of amides is 1. The average Bonchev–Trinajstić information content (AvgIpc) is 2.50. The molecular formula is C8H12N2O3.